The summed E-state index contributed by atoms with van der Waals surface area (Å²) in [5.74, 6) is -0.217. The van der Waals surface area contributed by atoms with Gasteiger partial charge in [-0.2, -0.15) is 0 Å². The molecule has 0 atom stereocenters. The van der Waals surface area contributed by atoms with Crippen LogP contribution in [0.25, 0.3) is 0 Å². The third-order valence-corrected chi connectivity index (χ3v) is 2.72. The topological polar surface area (TPSA) is 80.9 Å². The largest absolute Gasteiger partial charge is 0.374 e. The van der Waals surface area contributed by atoms with Crippen molar-refractivity contribution in [1.82, 2.24) is 15.5 Å². The van der Waals surface area contributed by atoms with Gasteiger partial charge in [0, 0.05) is 5.54 Å². The average molecular weight is 214 g/mol. The van der Waals surface area contributed by atoms with E-state index in [-0.39, 0.29) is 11.4 Å². The molecule has 0 aliphatic heterocycles. The van der Waals surface area contributed by atoms with Crippen LogP contribution in [0.15, 0.2) is 0 Å². The van der Waals surface area contributed by atoms with Gasteiger partial charge in [-0.3, -0.25) is 4.79 Å². The van der Waals surface area contributed by atoms with E-state index in [1.54, 1.807) is 0 Å². The molecule has 0 spiro atoms. The normalized spacial score (nSPS) is 11.4. The molecular formula is C8H14N4OS. The van der Waals surface area contributed by atoms with Crippen LogP contribution in [0, 0.1) is 0 Å². The predicted molar refractivity (Wildman–Crippen MR) is 56.2 cm³/mol. The molecule has 5 nitrogen and oxygen atoms in total. The second kappa shape index (κ2) is 3.91. The SMILES string of the molecule is CCC(C)(C)NC(=O)c1nnc(N)s1. The molecule has 0 aliphatic rings. The Bertz CT molecular complexity index is 334. The molecule has 6 heteroatoms. The Morgan fingerprint density at radius 1 is 1.57 bits per heavy atom. The van der Waals surface area contributed by atoms with Crippen molar-refractivity contribution in [2.75, 3.05) is 5.73 Å². The maximum atomic E-state index is 11.6. The molecule has 1 aromatic heterocycles. The maximum Gasteiger partial charge on any atom is 0.282 e. The van der Waals surface area contributed by atoms with Gasteiger partial charge in [0.05, 0.1) is 0 Å². The average Bonchev–Trinajstić information content (AvgIpc) is 2.51. The fourth-order valence-corrected chi connectivity index (χ4v) is 1.28. The van der Waals surface area contributed by atoms with E-state index in [9.17, 15) is 4.79 Å². The number of rotatable bonds is 3. The molecule has 0 saturated heterocycles. The number of carbonyl (C=O) groups excluding carboxylic acids is 1. The van der Waals surface area contributed by atoms with Crippen LogP contribution in [0.5, 0.6) is 0 Å². The maximum absolute atomic E-state index is 11.6. The molecule has 78 valence electrons. The second-order valence-electron chi connectivity index (χ2n) is 3.64. The zero-order chi connectivity index (χ0) is 10.8. The summed E-state index contributed by atoms with van der Waals surface area (Å²) in [6.07, 6.45) is 0.854. The molecule has 0 bridgehead atoms. The standard InChI is InChI=1S/C8H14N4OS/c1-4-8(2,3)10-5(13)6-11-12-7(9)14-6/h4H2,1-3H3,(H2,9,12)(H,10,13). The van der Waals surface area contributed by atoms with Crippen LogP contribution in [-0.2, 0) is 0 Å². The molecule has 0 unspecified atom stereocenters. The van der Waals surface area contributed by atoms with E-state index in [1.165, 1.54) is 0 Å². The van der Waals surface area contributed by atoms with Crippen LogP contribution in [0.1, 0.15) is 37.0 Å². The first-order valence-electron chi connectivity index (χ1n) is 4.36. The van der Waals surface area contributed by atoms with Crippen LogP contribution in [0.2, 0.25) is 0 Å². The minimum absolute atomic E-state index is 0.217. The monoisotopic (exact) mass is 214 g/mol. The Hall–Kier alpha value is -1.17. The summed E-state index contributed by atoms with van der Waals surface area (Å²) >= 11 is 1.09. The quantitative estimate of drug-likeness (QED) is 0.787. The molecule has 3 N–H and O–H groups in total. The number of nitrogens with one attached hydrogen (secondary N) is 1. The van der Waals surface area contributed by atoms with Gasteiger partial charge in [-0.25, -0.2) is 0 Å². The lowest BCUT2D eigenvalue weighted by atomic mass is 10.0. The van der Waals surface area contributed by atoms with Crippen molar-refractivity contribution >= 4 is 22.4 Å². The van der Waals surface area contributed by atoms with Crippen LogP contribution in [-0.4, -0.2) is 21.6 Å². The fourth-order valence-electron chi connectivity index (χ4n) is 0.776. The molecular weight excluding hydrogens is 200 g/mol. The third kappa shape index (κ3) is 2.66. The van der Waals surface area contributed by atoms with Gasteiger partial charge in [-0.1, -0.05) is 18.3 Å². The number of nitrogens with two attached hydrogens (primary N) is 1. The fraction of sp³-hybridized carbons (Fsp3) is 0.625. The van der Waals surface area contributed by atoms with Crippen molar-refractivity contribution in [2.45, 2.75) is 32.7 Å². The molecule has 1 amide bonds. The van der Waals surface area contributed by atoms with Crippen LogP contribution in [0.3, 0.4) is 0 Å². The predicted octanol–water partition coefficient (Wildman–Crippen LogP) is 1.04. The van der Waals surface area contributed by atoms with E-state index >= 15 is 0 Å². The highest BCUT2D eigenvalue weighted by Crippen LogP contribution is 2.13. The number of nitrogen functional groups attached to an aromatic ring is 1. The molecule has 0 aromatic carbocycles. The lowest BCUT2D eigenvalue weighted by Gasteiger charge is -2.23. The van der Waals surface area contributed by atoms with E-state index in [4.69, 9.17) is 5.73 Å². The summed E-state index contributed by atoms with van der Waals surface area (Å²) in [4.78, 5) is 11.6. The Morgan fingerprint density at radius 2 is 2.21 bits per heavy atom. The molecule has 1 aromatic rings. The highest BCUT2D eigenvalue weighted by Gasteiger charge is 2.21. The van der Waals surface area contributed by atoms with Gasteiger partial charge < -0.3 is 11.1 Å². The number of aromatic nitrogens is 2. The summed E-state index contributed by atoms with van der Waals surface area (Å²) in [5.41, 5.74) is 5.15. The van der Waals surface area contributed by atoms with Crippen LogP contribution in [0.4, 0.5) is 5.13 Å². The minimum atomic E-state index is -0.225. The Balaban J connectivity index is 2.68. The lowest BCUT2D eigenvalue weighted by molar-refractivity contribution is 0.0910. The van der Waals surface area contributed by atoms with Crippen LogP contribution >= 0.6 is 11.3 Å². The molecule has 0 aliphatic carbocycles. The second-order valence-corrected chi connectivity index (χ2v) is 4.65. The van der Waals surface area contributed by atoms with E-state index in [0.29, 0.717) is 10.1 Å². The molecule has 14 heavy (non-hydrogen) atoms. The number of nitrogens with zero attached hydrogens (tertiary/aromatic N) is 2. The lowest BCUT2D eigenvalue weighted by Crippen LogP contribution is -2.42. The first-order chi connectivity index (χ1) is 6.44. The number of hydrogen-bond acceptors (Lipinski definition) is 5. The molecule has 0 saturated carbocycles. The van der Waals surface area contributed by atoms with Crippen molar-refractivity contribution in [2.24, 2.45) is 0 Å². The van der Waals surface area contributed by atoms with Gasteiger partial charge in [-0.15, -0.1) is 10.2 Å². The van der Waals surface area contributed by atoms with Gasteiger partial charge in [0.1, 0.15) is 0 Å². The van der Waals surface area contributed by atoms with Crippen LogP contribution < -0.4 is 11.1 Å². The number of carbonyl (C=O) groups is 1. The zero-order valence-electron chi connectivity index (χ0n) is 8.50. The van der Waals surface area contributed by atoms with E-state index in [1.807, 2.05) is 20.8 Å². The van der Waals surface area contributed by atoms with E-state index < -0.39 is 0 Å². The van der Waals surface area contributed by atoms with Gasteiger partial charge >= 0.3 is 0 Å². The number of amides is 1. The molecule has 1 heterocycles. The van der Waals surface area contributed by atoms with Gasteiger partial charge in [0.15, 0.2) is 0 Å². The Morgan fingerprint density at radius 3 is 2.64 bits per heavy atom. The van der Waals surface area contributed by atoms with Crippen molar-refractivity contribution in [1.29, 1.82) is 0 Å². The first-order valence-corrected chi connectivity index (χ1v) is 5.18. The first kappa shape index (κ1) is 10.9. The van der Waals surface area contributed by atoms with E-state index in [2.05, 4.69) is 15.5 Å². The minimum Gasteiger partial charge on any atom is -0.374 e. The third-order valence-electron chi connectivity index (χ3n) is 1.97. The van der Waals surface area contributed by atoms with Gasteiger partial charge in [-0.05, 0) is 20.3 Å². The van der Waals surface area contributed by atoms with Crippen molar-refractivity contribution in [3.63, 3.8) is 0 Å². The van der Waals surface area contributed by atoms with Crippen molar-refractivity contribution in [3.8, 4) is 0 Å². The van der Waals surface area contributed by atoms with E-state index in [0.717, 1.165) is 17.8 Å². The zero-order valence-corrected chi connectivity index (χ0v) is 9.31. The highest BCUT2D eigenvalue weighted by molar-refractivity contribution is 7.16. The Kier molecular flexibility index (Phi) is 3.05. The number of hydrogen-bond donors (Lipinski definition) is 2. The van der Waals surface area contributed by atoms with Gasteiger partial charge in [0.25, 0.3) is 5.91 Å². The summed E-state index contributed by atoms with van der Waals surface area (Å²) < 4.78 is 0. The summed E-state index contributed by atoms with van der Waals surface area (Å²) in [6.45, 7) is 5.92. The highest BCUT2D eigenvalue weighted by atomic mass is 32.1. The molecule has 0 fully saturated rings. The summed E-state index contributed by atoms with van der Waals surface area (Å²) in [7, 11) is 0. The Labute approximate surface area is 86.7 Å². The summed E-state index contributed by atoms with van der Waals surface area (Å²) in [5, 5.41) is 10.7. The van der Waals surface area contributed by atoms with Crippen molar-refractivity contribution in [3.05, 3.63) is 5.01 Å². The number of anilines is 1. The summed E-state index contributed by atoms with van der Waals surface area (Å²) in [6, 6.07) is 0. The smallest absolute Gasteiger partial charge is 0.282 e. The molecule has 0 radical (unpaired) electrons. The van der Waals surface area contributed by atoms with Gasteiger partial charge in [0.2, 0.25) is 10.1 Å². The molecule has 1 rings (SSSR count). The van der Waals surface area contributed by atoms with Crippen molar-refractivity contribution < 1.29 is 4.79 Å².